The Labute approximate surface area is 220 Å². The molecule has 3 aromatic heterocycles. The lowest BCUT2D eigenvalue weighted by Gasteiger charge is -2.34. The molecular formula is C26H33N11O. The molecule has 12 heteroatoms. The number of fused-ring (bicyclic) bond motifs is 2. The summed E-state index contributed by atoms with van der Waals surface area (Å²) < 4.78 is 3.58. The minimum atomic E-state index is -0.272. The Kier molecular flexibility index (Phi) is 6.10. The maximum atomic E-state index is 13.4. The molecule has 2 aliphatic rings. The smallest absolute Gasteiger partial charge is 0.259 e. The highest BCUT2D eigenvalue weighted by molar-refractivity contribution is 6.13. The number of aryl methyl sites for hydroxylation is 2. The lowest BCUT2D eigenvalue weighted by atomic mass is 10.0. The number of piperidine rings is 1. The minimum Gasteiger partial charge on any atom is -0.371 e. The van der Waals surface area contributed by atoms with Crippen molar-refractivity contribution in [2.75, 3.05) is 23.3 Å². The number of nitrogens with zero attached hydrogens (tertiary/aromatic N) is 7. The molecule has 4 heterocycles. The van der Waals surface area contributed by atoms with Crippen LogP contribution in [0.5, 0.6) is 0 Å². The van der Waals surface area contributed by atoms with Crippen molar-refractivity contribution in [2.24, 2.45) is 23.5 Å². The van der Waals surface area contributed by atoms with E-state index in [1.165, 1.54) is 12.8 Å². The van der Waals surface area contributed by atoms with Gasteiger partial charge < -0.3 is 31.4 Å². The number of hydrogen-bond acceptors (Lipinski definition) is 7. The van der Waals surface area contributed by atoms with E-state index < -0.39 is 0 Å². The van der Waals surface area contributed by atoms with Crippen LogP contribution >= 0.6 is 0 Å². The molecule has 1 aliphatic heterocycles. The summed E-state index contributed by atoms with van der Waals surface area (Å²) >= 11 is 0. The molecule has 12 nitrogen and oxygen atoms in total. The summed E-state index contributed by atoms with van der Waals surface area (Å²) in [5.41, 5.74) is 15.3. The fraction of sp³-hybridized carbons (Fsp3) is 0.423. The van der Waals surface area contributed by atoms with Gasteiger partial charge in [0.25, 0.3) is 5.91 Å². The van der Waals surface area contributed by atoms with E-state index in [-0.39, 0.29) is 18.4 Å². The number of carbonyl (C=O) groups excluding carboxylic acids is 1. The van der Waals surface area contributed by atoms with Gasteiger partial charge in [-0.1, -0.05) is 0 Å². The monoisotopic (exact) mass is 515 g/mol. The highest BCUT2D eigenvalue weighted by Crippen LogP contribution is 2.32. The van der Waals surface area contributed by atoms with Crippen molar-refractivity contribution in [3.8, 4) is 0 Å². The number of nitrogens with two attached hydrogens (primary N) is 2. The number of rotatable bonds is 7. The van der Waals surface area contributed by atoms with Gasteiger partial charge in [0.15, 0.2) is 17.4 Å². The van der Waals surface area contributed by atoms with Gasteiger partial charge in [-0.3, -0.25) is 14.5 Å². The topological polar surface area (TPSA) is 157 Å². The molecule has 2 fully saturated rings. The van der Waals surface area contributed by atoms with Crippen LogP contribution in [-0.2, 0) is 13.6 Å². The number of amides is 1. The van der Waals surface area contributed by atoms with Crippen LogP contribution in [-0.4, -0.2) is 61.2 Å². The average Bonchev–Trinajstić information content (AvgIpc) is 3.46. The highest BCUT2D eigenvalue weighted by atomic mass is 16.1. The maximum Gasteiger partial charge on any atom is 0.259 e. The number of anilines is 2. The van der Waals surface area contributed by atoms with Crippen LogP contribution in [0.25, 0.3) is 16.6 Å². The van der Waals surface area contributed by atoms with E-state index >= 15 is 0 Å². The van der Waals surface area contributed by atoms with Gasteiger partial charge in [0.05, 0.1) is 24.0 Å². The summed E-state index contributed by atoms with van der Waals surface area (Å²) in [4.78, 5) is 29.0. The van der Waals surface area contributed by atoms with Gasteiger partial charge in [-0.15, -0.1) is 0 Å². The van der Waals surface area contributed by atoms with E-state index in [1.54, 1.807) is 10.9 Å². The molecule has 0 spiro atoms. The van der Waals surface area contributed by atoms with Crippen LogP contribution in [0.3, 0.4) is 0 Å². The molecule has 4 aromatic rings. The molecule has 1 amide bonds. The van der Waals surface area contributed by atoms with Gasteiger partial charge in [0, 0.05) is 55.7 Å². The highest BCUT2D eigenvalue weighted by Gasteiger charge is 2.28. The molecule has 1 saturated heterocycles. The molecule has 6 rings (SSSR count). The van der Waals surface area contributed by atoms with Crippen molar-refractivity contribution in [2.45, 2.75) is 51.2 Å². The maximum absolute atomic E-state index is 13.4. The Balaban J connectivity index is 1.24. The second-order valence-electron chi connectivity index (χ2n) is 10.3. The van der Waals surface area contributed by atoms with E-state index in [9.17, 15) is 4.79 Å². The Morgan fingerprint density at radius 3 is 2.58 bits per heavy atom. The molecule has 0 unspecified atom stereocenters. The summed E-state index contributed by atoms with van der Waals surface area (Å²) in [7, 11) is 1.88. The van der Waals surface area contributed by atoms with Crippen molar-refractivity contribution >= 4 is 39.9 Å². The number of benzene rings is 1. The molecular weight excluding hydrogens is 482 g/mol. The van der Waals surface area contributed by atoms with Gasteiger partial charge in [0.1, 0.15) is 11.2 Å². The zero-order valence-electron chi connectivity index (χ0n) is 21.7. The first-order valence-electron chi connectivity index (χ1n) is 13.0. The van der Waals surface area contributed by atoms with Crippen molar-refractivity contribution in [1.29, 1.82) is 0 Å². The van der Waals surface area contributed by atoms with E-state index in [2.05, 4.69) is 35.6 Å². The number of imidazole rings is 1. The fourth-order valence-corrected chi connectivity index (χ4v) is 5.25. The van der Waals surface area contributed by atoms with Crippen molar-refractivity contribution in [3.05, 3.63) is 47.7 Å². The summed E-state index contributed by atoms with van der Waals surface area (Å²) in [6.07, 6.45) is 10.4. The molecule has 38 heavy (non-hydrogen) atoms. The molecule has 6 N–H and O–H groups in total. The van der Waals surface area contributed by atoms with E-state index in [4.69, 9.17) is 11.5 Å². The number of aliphatic imine (C=N–C) groups is 1. The van der Waals surface area contributed by atoms with Gasteiger partial charge >= 0.3 is 0 Å². The van der Waals surface area contributed by atoms with Gasteiger partial charge in [-0.05, 0) is 44.7 Å². The molecule has 1 aromatic carbocycles. The summed E-state index contributed by atoms with van der Waals surface area (Å²) in [5.74, 6) is 0.117. The molecule has 1 saturated carbocycles. The van der Waals surface area contributed by atoms with Crippen LogP contribution in [0.4, 0.5) is 11.5 Å². The van der Waals surface area contributed by atoms with E-state index in [0.717, 1.165) is 48.7 Å². The van der Waals surface area contributed by atoms with Crippen LogP contribution < -0.4 is 27.0 Å². The molecule has 1 aliphatic carbocycles. The van der Waals surface area contributed by atoms with Crippen molar-refractivity contribution < 1.29 is 4.79 Å². The first-order valence-corrected chi connectivity index (χ1v) is 13.0. The summed E-state index contributed by atoms with van der Waals surface area (Å²) in [6, 6.07) is 5.22. The van der Waals surface area contributed by atoms with Gasteiger partial charge in [-0.2, -0.15) is 5.10 Å². The quantitative estimate of drug-likeness (QED) is 0.214. The lowest BCUT2D eigenvalue weighted by molar-refractivity contribution is 0.102. The number of carbonyl (C=O) groups is 1. The van der Waals surface area contributed by atoms with Crippen LogP contribution in [0.2, 0.25) is 0 Å². The normalized spacial score (nSPS) is 16.3. The molecule has 198 valence electrons. The zero-order valence-corrected chi connectivity index (χ0v) is 21.7. The summed E-state index contributed by atoms with van der Waals surface area (Å²) in [5, 5.41) is 12.3. The van der Waals surface area contributed by atoms with Crippen LogP contribution in [0.15, 0.2) is 35.7 Å². The lowest BCUT2D eigenvalue weighted by Crippen LogP contribution is -2.43. The average molecular weight is 516 g/mol. The van der Waals surface area contributed by atoms with Gasteiger partial charge in [-0.25, -0.2) is 9.98 Å². The summed E-state index contributed by atoms with van der Waals surface area (Å²) in [6.45, 7) is 4.04. The number of aromatic nitrogens is 5. The van der Waals surface area contributed by atoms with Gasteiger partial charge in [0.2, 0.25) is 0 Å². The van der Waals surface area contributed by atoms with Crippen LogP contribution in [0.1, 0.15) is 47.4 Å². The Bertz CT molecular complexity index is 1540. The molecule has 0 radical (unpaired) electrons. The third-order valence-electron chi connectivity index (χ3n) is 7.18. The third kappa shape index (κ3) is 4.86. The Morgan fingerprint density at radius 2 is 1.84 bits per heavy atom. The predicted octanol–water partition coefficient (Wildman–Crippen LogP) is 1.67. The third-order valence-corrected chi connectivity index (χ3v) is 7.18. The Morgan fingerprint density at radius 1 is 1.08 bits per heavy atom. The number of hydrogen-bond donors (Lipinski definition) is 4. The minimum absolute atomic E-state index is 0.0198. The molecule has 0 atom stereocenters. The number of guanidine groups is 1. The number of nitrogens with one attached hydrogen (secondary N) is 2. The molecule has 0 bridgehead atoms. The largest absolute Gasteiger partial charge is 0.371 e. The fourth-order valence-electron chi connectivity index (χ4n) is 5.25. The van der Waals surface area contributed by atoms with Crippen LogP contribution in [0, 0.1) is 6.92 Å². The second-order valence-corrected chi connectivity index (χ2v) is 10.3. The van der Waals surface area contributed by atoms with E-state index in [1.807, 2.05) is 42.9 Å². The second kappa shape index (κ2) is 9.60. The SMILES string of the molecule is Cc1cn2cc(NC(=O)c3ccc(N4CCC(NC5CC5)CC4)c4cn(C)nc34)nc2c(CN=C(N)N)n1. The Hall–Kier alpha value is -4.19. The standard InChI is InChI=1S/C26H33N11O/c1-15-12-37-14-22(32-24(37)20(30-15)11-29-26(27)28)33-25(38)18-5-6-21(19-13-35(2)34-23(18)19)36-9-7-17(8-10-36)31-16-3-4-16/h5-6,12-14,16-17,31H,3-4,7-11H2,1-2H3,(H,33,38)(H4,27,28,29). The zero-order chi connectivity index (χ0) is 26.4. The van der Waals surface area contributed by atoms with Crippen molar-refractivity contribution in [3.63, 3.8) is 0 Å². The first-order chi connectivity index (χ1) is 18.3. The van der Waals surface area contributed by atoms with E-state index in [0.29, 0.717) is 34.3 Å². The predicted molar refractivity (Wildman–Crippen MR) is 147 cm³/mol. The van der Waals surface area contributed by atoms with Crippen molar-refractivity contribution in [1.82, 2.24) is 29.5 Å². The first kappa shape index (κ1) is 24.2.